The molecule has 104 valence electrons. The smallest absolute Gasteiger partial charge is 0.241 e. The summed E-state index contributed by atoms with van der Waals surface area (Å²) in [5, 5.41) is 3.54. The van der Waals surface area contributed by atoms with Crippen LogP contribution in [0.3, 0.4) is 0 Å². The number of nitrogens with one attached hydrogen (secondary N) is 1. The fourth-order valence-electron chi connectivity index (χ4n) is 3.28. The minimum absolute atomic E-state index is 0.0612. The van der Waals surface area contributed by atoms with Crippen molar-refractivity contribution in [2.75, 3.05) is 6.54 Å². The van der Waals surface area contributed by atoms with Crippen molar-refractivity contribution in [1.82, 2.24) is 10.2 Å². The monoisotopic (exact) mass is 252 g/mol. The molecule has 0 spiro atoms. The van der Waals surface area contributed by atoms with Gasteiger partial charge in [-0.05, 0) is 30.6 Å². The highest BCUT2D eigenvalue weighted by atomic mass is 16.2. The average Bonchev–Trinajstić information content (AvgIpc) is 2.56. The number of carbonyl (C=O) groups excluding carboxylic acids is 1. The summed E-state index contributed by atoms with van der Waals surface area (Å²) < 4.78 is 0. The Hall–Kier alpha value is -0.570. The van der Waals surface area contributed by atoms with Crippen LogP contribution in [0.4, 0.5) is 0 Å². The molecule has 0 bridgehead atoms. The third kappa shape index (κ3) is 2.56. The van der Waals surface area contributed by atoms with Gasteiger partial charge in [0.25, 0.3) is 0 Å². The Kier molecular flexibility index (Phi) is 4.00. The Morgan fingerprint density at radius 1 is 1.44 bits per heavy atom. The quantitative estimate of drug-likeness (QED) is 0.816. The molecule has 3 heteroatoms. The highest BCUT2D eigenvalue weighted by Gasteiger charge is 2.44. The average molecular weight is 252 g/mol. The number of amides is 1. The van der Waals surface area contributed by atoms with E-state index < -0.39 is 0 Å². The maximum absolute atomic E-state index is 12.5. The van der Waals surface area contributed by atoms with E-state index in [1.165, 1.54) is 19.3 Å². The predicted molar refractivity (Wildman–Crippen MR) is 74.1 cm³/mol. The second-order valence-corrected chi connectivity index (χ2v) is 6.83. The van der Waals surface area contributed by atoms with E-state index in [4.69, 9.17) is 0 Å². The Labute approximate surface area is 111 Å². The van der Waals surface area contributed by atoms with Crippen molar-refractivity contribution < 1.29 is 4.79 Å². The molecule has 0 aromatic rings. The van der Waals surface area contributed by atoms with Crippen LogP contribution in [0.15, 0.2) is 0 Å². The molecule has 2 fully saturated rings. The van der Waals surface area contributed by atoms with Gasteiger partial charge < -0.3 is 4.90 Å². The zero-order chi connectivity index (χ0) is 13.3. The summed E-state index contributed by atoms with van der Waals surface area (Å²) in [4.78, 5) is 14.6. The van der Waals surface area contributed by atoms with Crippen LogP contribution >= 0.6 is 0 Å². The van der Waals surface area contributed by atoms with Crippen LogP contribution in [0, 0.1) is 11.3 Å². The molecule has 1 aliphatic carbocycles. The maximum atomic E-state index is 12.5. The maximum Gasteiger partial charge on any atom is 0.241 e. The van der Waals surface area contributed by atoms with E-state index in [-0.39, 0.29) is 12.2 Å². The zero-order valence-electron chi connectivity index (χ0n) is 12.3. The van der Waals surface area contributed by atoms with Gasteiger partial charge in [-0.3, -0.25) is 10.1 Å². The minimum Gasteiger partial charge on any atom is -0.325 e. The van der Waals surface area contributed by atoms with Crippen LogP contribution in [0.5, 0.6) is 0 Å². The topological polar surface area (TPSA) is 32.3 Å². The molecular weight excluding hydrogens is 224 g/mol. The van der Waals surface area contributed by atoms with Crippen molar-refractivity contribution in [3.05, 3.63) is 0 Å². The van der Waals surface area contributed by atoms with E-state index in [0.29, 0.717) is 17.2 Å². The van der Waals surface area contributed by atoms with Gasteiger partial charge in [-0.1, -0.05) is 40.5 Å². The first-order valence-corrected chi connectivity index (χ1v) is 7.53. The molecule has 1 N–H and O–H groups in total. The van der Waals surface area contributed by atoms with Gasteiger partial charge >= 0.3 is 0 Å². The lowest BCUT2D eigenvalue weighted by atomic mass is 9.70. The molecule has 0 aromatic carbocycles. The summed E-state index contributed by atoms with van der Waals surface area (Å²) in [6.07, 6.45) is 6.16. The Bertz CT molecular complexity index is 310. The van der Waals surface area contributed by atoms with Gasteiger partial charge in [0.05, 0.1) is 12.2 Å². The summed E-state index contributed by atoms with van der Waals surface area (Å²) in [6.45, 7) is 9.83. The molecule has 3 nitrogen and oxygen atoms in total. The molecule has 0 aromatic heterocycles. The molecule has 2 aliphatic rings. The van der Waals surface area contributed by atoms with Crippen molar-refractivity contribution in [3.63, 3.8) is 0 Å². The van der Waals surface area contributed by atoms with Crippen LogP contribution in [0.25, 0.3) is 0 Å². The van der Waals surface area contributed by atoms with Crippen molar-refractivity contribution >= 4 is 5.91 Å². The van der Waals surface area contributed by atoms with E-state index >= 15 is 0 Å². The van der Waals surface area contributed by atoms with Crippen LogP contribution in [-0.2, 0) is 4.79 Å². The van der Waals surface area contributed by atoms with Crippen molar-refractivity contribution in [3.8, 4) is 0 Å². The summed E-state index contributed by atoms with van der Waals surface area (Å²) in [5.41, 5.74) is 0.381. The molecule has 1 aliphatic heterocycles. The number of carbonyl (C=O) groups is 1. The molecule has 1 saturated heterocycles. The Balaban J connectivity index is 2.06. The van der Waals surface area contributed by atoms with Crippen molar-refractivity contribution in [2.45, 2.75) is 72.0 Å². The van der Waals surface area contributed by atoms with Crippen molar-refractivity contribution in [1.29, 1.82) is 0 Å². The molecule has 2 rings (SSSR count). The fourth-order valence-corrected chi connectivity index (χ4v) is 3.28. The summed E-state index contributed by atoms with van der Waals surface area (Å²) >= 11 is 0. The Morgan fingerprint density at radius 3 is 2.56 bits per heavy atom. The zero-order valence-corrected chi connectivity index (χ0v) is 12.3. The molecule has 2 atom stereocenters. The van der Waals surface area contributed by atoms with Gasteiger partial charge in [-0.15, -0.1) is 0 Å². The Morgan fingerprint density at radius 2 is 2.11 bits per heavy atom. The van der Waals surface area contributed by atoms with Gasteiger partial charge in [0, 0.05) is 6.54 Å². The largest absolute Gasteiger partial charge is 0.325 e. The molecular formula is C15H28N2O. The fraction of sp³-hybridized carbons (Fsp3) is 0.933. The molecule has 1 saturated carbocycles. The predicted octanol–water partition coefficient (Wildman–Crippen LogP) is 2.76. The first-order chi connectivity index (χ1) is 8.47. The summed E-state index contributed by atoms with van der Waals surface area (Å²) in [5.74, 6) is 0.822. The van der Waals surface area contributed by atoms with Gasteiger partial charge in [-0.25, -0.2) is 0 Å². The van der Waals surface area contributed by atoms with Gasteiger partial charge in [0.2, 0.25) is 5.91 Å². The minimum atomic E-state index is 0.0612. The van der Waals surface area contributed by atoms with Crippen molar-refractivity contribution in [2.24, 2.45) is 11.3 Å². The third-order valence-electron chi connectivity index (χ3n) is 4.61. The second kappa shape index (κ2) is 5.20. The van der Waals surface area contributed by atoms with Crippen LogP contribution in [-0.4, -0.2) is 29.6 Å². The highest BCUT2D eigenvalue weighted by Crippen LogP contribution is 2.42. The number of hydrogen-bond donors (Lipinski definition) is 1. The molecule has 1 heterocycles. The van der Waals surface area contributed by atoms with E-state index in [0.717, 1.165) is 19.4 Å². The van der Waals surface area contributed by atoms with Gasteiger partial charge in [0.1, 0.15) is 0 Å². The number of nitrogens with zero attached hydrogens (tertiary/aromatic N) is 1. The van der Waals surface area contributed by atoms with E-state index in [1.54, 1.807) is 0 Å². The van der Waals surface area contributed by atoms with Gasteiger partial charge in [0.15, 0.2) is 0 Å². The lowest BCUT2D eigenvalue weighted by Crippen LogP contribution is -2.48. The van der Waals surface area contributed by atoms with Crippen LogP contribution < -0.4 is 5.32 Å². The highest BCUT2D eigenvalue weighted by molar-refractivity contribution is 5.84. The SMILES string of the molecule is CCCC1NC(C(C)C)N(CC2(C)CCC2)C1=O. The van der Waals surface area contributed by atoms with Crippen LogP contribution in [0.2, 0.25) is 0 Å². The molecule has 18 heavy (non-hydrogen) atoms. The summed E-state index contributed by atoms with van der Waals surface area (Å²) in [7, 11) is 0. The third-order valence-corrected chi connectivity index (χ3v) is 4.61. The van der Waals surface area contributed by atoms with E-state index in [1.807, 2.05) is 0 Å². The molecule has 2 unspecified atom stereocenters. The van der Waals surface area contributed by atoms with E-state index in [2.05, 4.69) is 37.9 Å². The first kappa shape index (κ1) is 13.9. The summed E-state index contributed by atoms with van der Waals surface area (Å²) in [6, 6.07) is 0.0612. The first-order valence-electron chi connectivity index (χ1n) is 7.53. The van der Waals surface area contributed by atoms with E-state index in [9.17, 15) is 4.79 Å². The lowest BCUT2D eigenvalue weighted by molar-refractivity contribution is -0.133. The number of hydrogen-bond acceptors (Lipinski definition) is 2. The number of rotatable bonds is 5. The lowest BCUT2D eigenvalue weighted by Gasteiger charge is -2.43. The molecule has 0 radical (unpaired) electrons. The molecule has 1 amide bonds. The standard InChI is InChI=1S/C15H28N2O/c1-5-7-12-14(18)17(13(16-12)11(2)3)10-15(4)8-6-9-15/h11-13,16H,5-10H2,1-4H3. The normalized spacial score (nSPS) is 30.9. The van der Waals surface area contributed by atoms with Gasteiger partial charge in [-0.2, -0.15) is 0 Å². The van der Waals surface area contributed by atoms with Crippen LogP contribution in [0.1, 0.15) is 59.8 Å². The second-order valence-electron chi connectivity index (χ2n) is 6.83.